The van der Waals surface area contributed by atoms with Gasteiger partial charge in [-0.05, 0) is 80.8 Å². The molecule has 0 radical (unpaired) electrons. The minimum absolute atomic E-state index is 0.0282. The molecule has 13 heteroatoms. The average Bonchev–Trinajstić information content (AvgIpc) is 3.43. The molecule has 0 saturated heterocycles. The van der Waals surface area contributed by atoms with Crippen molar-refractivity contribution in [2.75, 3.05) is 22.9 Å². The van der Waals surface area contributed by atoms with Gasteiger partial charge in [0.15, 0.2) is 0 Å². The number of carbonyl (C=O) groups is 4. The predicted octanol–water partition coefficient (Wildman–Crippen LogP) is 6.45. The highest BCUT2D eigenvalue weighted by Crippen LogP contribution is 2.37. The molecule has 0 fully saturated rings. The maximum atomic E-state index is 13.4. The number of thioether (sulfide) groups is 1. The molecule has 250 valence electrons. The zero-order chi connectivity index (χ0) is 35.0. The average molecular weight is 695 g/mol. The van der Waals surface area contributed by atoms with Crippen molar-refractivity contribution in [3.05, 3.63) is 112 Å². The van der Waals surface area contributed by atoms with E-state index < -0.39 is 23.5 Å². The van der Waals surface area contributed by atoms with Crippen LogP contribution in [-0.4, -0.2) is 51.6 Å². The van der Waals surface area contributed by atoms with Crippen LogP contribution < -0.4 is 16.0 Å². The Morgan fingerprint density at radius 2 is 1.86 bits per heavy atom. The second-order valence-corrected chi connectivity index (χ2v) is 14.1. The molecule has 3 N–H and O–H groups in total. The quantitative estimate of drug-likeness (QED) is 0.134. The molecule has 0 spiro atoms. The number of ether oxygens (including phenoxy) is 1. The normalized spacial score (nSPS) is 12.7. The molecule has 4 aromatic rings. The lowest BCUT2D eigenvalue weighted by Crippen LogP contribution is -2.39. The Balaban J connectivity index is 1.22. The summed E-state index contributed by atoms with van der Waals surface area (Å²) in [6, 6.07) is 21.3. The fraction of sp³-hybridized carbons (Fsp3) is 0.222. The van der Waals surface area contributed by atoms with Crippen LogP contribution in [0.4, 0.5) is 15.5 Å². The molecule has 1 aliphatic rings. The monoisotopic (exact) mass is 694 g/mol. The summed E-state index contributed by atoms with van der Waals surface area (Å²) in [5.41, 5.74) is 2.16. The van der Waals surface area contributed by atoms with Crippen LogP contribution >= 0.6 is 23.1 Å². The molecule has 0 bridgehead atoms. The van der Waals surface area contributed by atoms with Crippen molar-refractivity contribution in [2.45, 2.75) is 44.2 Å². The number of rotatable bonds is 9. The Labute approximate surface area is 292 Å². The van der Waals surface area contributed by atoms with E-state index in [9.17, 15) is 24.4 Å². The van der Waals surface area contributed by atoms with Gasteiger partial charge in [0.05, 0.1) is 17.9 Å². The highest BCUT2D eigenvalue weighted by atomic mass is 32.2. The van der Waals surface area contributed by atoms with Crippen LogP contribution in [0.5, 0.6) is 0 Å². The molecule has 2 aromatic heterocycles. The maximum absolute atomic E-state index is 13.4. The second kappa shape index (κ2) is 15.6. The van der Waals surface area contributed by atoms with Crippen molar-refractivity contribution < 1.29 is 23.9 Å². The second-order valence-electron chi connectivity index (χ2n) is 12.0. The summed E-state index contributed by atoms with van der Waals surface area (Å²) in [5, 5.41) is 18.7. The molecule has 1 aliphatic heterocycles. The van der Waals surface area contributed by atoms with Gasteiger partial charge < -0.3 is 25.6 Å². The van der Waals surface area contributed by atoms with Crippen LogP contribution in [0, 0.1) is 11.3 Å². The fourth-order valence-corrected chi connectivity index (χ4v) is 6.82. The summed E-state index contributed by atoms with van der Waals surface area (Å²) >= 11 is 2.55. The summed E-state index contributed by atoms with van der Waals surface area (Å²) in [6.45, 7) is 6.16. The Kier molecular flexibility index (Phi) is 11.1. The number of nitrogens with zero attached hydrogens (tertiary/aromatic N) is 3. The molecule has 5 rings (SSSR count). The molecule has 3 heterocycles. The summed E-state index contributed by atoms with van der Waals surface area (Å²) in [4.78, 5) is 59.1. The van der Waals surface area contributed by atoms with E-state index in [0.29, 0.717) is 46.9 Å². The van der Waals surface area contributed by atoms with Gasteiger partial charge in [0.1, 0.15) is 22.4 Å². The van der Waals surface area contributed by atoms with Crippen molar-refractivity contribution in [1.29, 1.82) is 5.26 Å². The lowest BCUT2D eigenvalue weighted by Gasteiger charge is -2.29. The smallest absolute Gasteiger partial charge is 0.410 e. The van der Waals surface area contributed by atoms with Gasteiger partial charge in [-0.15, -0.1) is 23.1 Å². The lowest BCUT2D eigenvalue weighted by atomic mass is 10.0. The number of nitrogens with one attached hydrogen (secondary N) is 3. The molecule has 49 heavy (non-hydrogen) atoms. The van der Waals surface area contributed by atoms with Gasteiger partial charge in [0.25, 0.3) is 11.8 Å². The van der Waals surface area contributed by atoms with E-state index in [2.05, 4.69) is 27.0 Å². The van der Waals surface area contributed by atoms with Crippen molar-refractivity contribution in [2.24, 2.45) is 0 Å². The van der Waals surface area contributed by atoms with Gasteiger partial charge in [0.2, 0.25) is 5.91 Å². The number of fused-ring (bicyclic) bond motifs is 1. The molecule has 0 unspecified atom stereocenters. The van der Waals surface area contributed by atoms with Crippen LogP contribution in [0.25, 0.3) is 6.08 Å². The highest BCUT2D eigenvalue weighted by molar-refractivity contribution is 8.00. The molecular formula is C36H34N6O5S2. The number of hydrogen-bond acceptors (Lipinski definition) is 9. The number of nitriles is 1. The van der Waals surface area contributed by atoms with E-state index in [-0.39, 0.29) is 17.4 Å². The Bertz CT molecular complexity index is 1930. The molecule has 4 amide bonds. The van der Waals surface area contributed by atoms with E-state index >= 15 is 0 Å². The van der Waals surface area contributed by atoms with Crippen molar-refractivity contribution >= 4 is 63.7 Å². The molecule has 11 nitrogen and oxygen atoms in total. The fourth-order valence-electron chi connectivity index (χ4n) is 4.84. The van der Waals surface area contributed by atoms with E-state index in [1.165, 1.54) is 23.1 Å². The van der Waals surface area contributed by atoms with Crippen molar-refractivity contribution in [1.82, 2.24) is 15.2 Å². The van der Waals surface area contributed by atoms with Gasteiger partial charge in [-0.3, -0.25) is 19.4 Å². The highest BCUT2D eigenvalue weighted by Gasteiger charge is 2.30. The van der Waals surface area contributed by atoms with Gasteiger partial charge in [0, 0.05) is 40.0 Å². The number of thiophene rings is 1. The maximum Gasteiger partial charge on any atom is 0.410 e. The topological polar surface area (TPSA) is 154 Å². The molecular weight excluding hydrogens is 661 g/mol. The third kappa shape index (κ3) is 9.56. The SMILES string of the molecule is CC(C)(C)OC(=O)N1CCc2c(sc(NC(=O)CSc3cccc(NC(=O)/C(=C/c4cccnc4)NC(=O)c4ccccc4)c3)c2C#N)C1. The van der Waals surface area contributed by atoms with Crippen LogP contribution in [0.1, 0.15) is 52.7 Å². The number of carbonyl (C=O) groups excluding carboxylic acids is 4. The number of benzene rings is 2. The molecule has 2 aromatic carbocycles. The van der Waals surface area contributed by atoms with E-state index in [1.54, 1.807) is 84.0 Å². The van der Waals surface area contributed by atoms with Gasteiger partial charge in [-0.25, -0.2) is 4.79 Å². The van der Waals surface area contributed by atoms with Gasteiger partial charge in [-0.1, -0.05) is 30.3 Å². The van der Waals surface area contributed by atoms with E-state index in [0.717, 1.165) is 15.3 Å². The van der Waals surface area contributed by atoms with Gasteiger partial charge in [-0.2, -0.15) is 5.26 Å². The Morgan fingerprint density at radius 3 is 2.57 bits per heavy atom. The Morgan fingerprint density at radius 1 is 1.06 bits per heavy atom. The summed E-state index contributed by atoms with van der Waals surface area (Å²) < 4.78 is 5.50. The largest absolute Gasteiger partial charge is 0.444 e. The van der Waals surface area contributed by atoms with Crippen LogP contribution in [0.15, 0.2) is 89.7 Å². The third-order valence-corrected chi connectivity index (χ3v) is 9.19. The zero-order valence-corrected chi connectivity index (χ0v) is 28.7. The molecule has 0 saturated carbocycles. The number of aromatic nitrogens is 1. The Hall–Kier alpha value is -5.45. The predicted molar refractivity (Wildman–Crippen MR) is 190 cm³/mol. The number of anilines is 2. The van der Waals surface area contributed by atoms with Gasteiger partial charge >= 0.3 is 6.09 Å². The minimum Gasteiger partial charge on any atom is -0.444 e. The van der Waals surface area contributed by atoms with Crippen molar-refractivity contribution in [3.8, 4) is 6.07 Å². The van der Waals surface area contributed by atoms with Crippen LogP contribution in [0.2, 0.25) is 0 Å². The summed E-state index contributed by atoms with van der Waals surface area (Å²) in [6.07, 6.45) is 4.81. The first-order valence-electron chi connectivity index (χ1n) is 15.3. The minimum atomic E-state index is -0.618. The van der Waals surface area contributed by atoms with Crippen molar-refractivity contribution in [3.63, 3.8) is 0 Å². The number of pyridine rings is 1. The first-order chi connectivity index (χ1) is 23.5. The van der Waals surface area contributed by atoms with E-state index in [1.807, 2.05) is 26.8 Å². The number of hydrogen-bond donors (Lipinski definition) is 3. The van der Waals surface area contributed by atoms with E-state index in [4.69, 9.17) is 4.74 Å². The lowest BCUT2D eigenvalue weighted by molar-refractivity contribution is -0.114. The molecule has 0 atom stereocenters. The number of amides is 4. The standard InChI is InChI=1S/C36H34N6O5S2/c1-36(2,3)47-35(46)42-16-14-27-28(19-37)34(49-30(27)21-42)41-31(43)22-48-26-13-7-12-25(18-26)39-33(45)29(17-23-9-8-15-38-20-23)40-32(44)24-10-5-4-6-11-24/h4-13,15,17-18,20H,14,16,21-22H2,1-3H3,(H,39,45)(H,40,44)(H,41,43)/b29-17-. The summed E-state index contributed by atoms with van der Waals surface area (Å²) in [7, 11) is 0. The van der Waals surface area contributed by atoms with Crippen LogP contribution in [0.3, 0.4) is 0 Å². The summed E-state index contributed by atoms with van der Waals surface area (Å²) in [5.74, 6) is -1.23. The molecule has 0 aliphatic carbocycles. The third-order valence-electron chi connectivity index (χ3n) is 7.06. The first-order valence-corrected chi connectivity index (χ1v) is 17.1. The first kappa shape index (κ1) is 34.9. The van der Waals surface area contributed by atoms with Crippen LogP contribution in [-0.2, 0) is 27.3 Å². The zero-order valence-electron chi connectivity index (χ0n) is 27.1.